The highest BCUT2D eigenvalue weighted by Gasteiger charge is 2.28. The van der Waals surface area contributed by atoms with E-state index in [4.69, 9.17) is 4.74 Å². The summed E-state index contributed by atoms with van der Waals surface area (Å²) in [5.74, 6) is 0.883. The summed E-state index contributed by atoms with van der Waals surface area (Å²) in [6.45, 7) is 10.3. The Morgan fingerprint density at radius 2 is 1.79 bits per heavy atom. The van der Waals surface area contributed by atoms with Crippen molar-refractivity contribution in [2.24, 2.45) is 4.99 Å². The lowest BCUT2D eigenvalue weighted by Crippen LogP contribution is -2.44. The highest BCUT2D eigenvalue weighted by molar-refractivity contribution is 5.81. The summed E-state index contributed by atoms with van der Waals surface area (Å²) in [4.78, 5) is 30.9. The number of nitrogens with zero attached hydrogens (tertiary/aromatic N) is 2. The number of hydrogen-bond donors (Lipinski definition) is 3. The molecule has 1 saturated heterocycles. The molecular formula is C21H39N5O3. The van der Waals surface area contributed by atoms with Gasteiger partial charge in [0.1, 0.15) is 5.60 Å². The van der Waals surface area contributed by atoms with Crippen molar-refractivity contribution in [2.75, 3.05) is 26.2 Å². The largest absolute Gasteiger partial charge is 0.444 e. The predicted molar refractivity (Wildman–Crippen MR) is 115 cm³/mol. The number of rotatable bonds is 6. The molecule has 1 heterocycles. The number of amides is 2. The maximum atomic E-state index is 12.2. The summed E-state index contributed by atoms with van der Waals surface area (Å²) < 4.78 is 5.34. The van der Waals surface area contributed by atoms with Crippen molar-refractivity contribution in [2.45, 2.75) is 90.3 Å². The first-order chi connectivity index (χ1) is 13.8. The minimum absolute atomic E-state index is 0.0308. The predicted octanol–water partition coefficient (Wildman–Crippen LogP) is 2.39. The molecule has 0 spiro atoms. The molecule has 2 fully saturated rings. The number of guanidine groups is 1. The molecule has 0 bridgehead atoms. The van der Waals surface area contributed by atoms with E-state index in [0.717, 1.165) is 38.3 Å². The first kappa shape index (κ1) is 23.3. The summed E-state index contributed by atoms with van der Waals surface area (Å²) in [7, 11) is 0. The fourth-order valence-electron chi connectivity index (χ4n) is 3.78. The van der Waals surface area contributed by atoms with Gasteiger partial charge in [0.2, 0.25) is 5.91 Å². The Bertz CT molecular complexity index is 567. The molecule has 166 valence electrons. The maximum Gasteiger partial charge on any atom is 0.407 e. The van der Waals surface area contributed by atoms with Crippen LogP contribution >= 0.6 is 0 Å². The van der Waals surface area contributed by atoms with Gasteiger partial charge < -0.3 is 25.6 Å². The van der Waals surface area contributed by atoms with Gasteiger partial charge in [-0.25, -0.2) is 4.79 Å². The van der Waals surface area contributed by atoms with Crippen molar-refractivity contribution >= 4 is 18.0 Å². The first-order valence-corrected chi connectivity index (χ1v) is 11.1. The van der Waals surface area contributed by atoms with E-state index >= 15 is 0 Å². The monoisotopic (exact) mass is 409 g/mol. The van der Waals surface area contributed by atoms with Gasteiger partial charge in [-0.05, 0) is 47.0 Å². The number of aliphatic imine (C=N–C) groups is 1. The zero-order chi connectivity index (χ0) is 21.3. The Morgan fingerprint density at radius 3 is 2.45 bits per heavy atom. The van der Waals surface area contributed by atoms with Gasteiger partial charge in [0, 0.05) is 32.1 Å². The minimum atomic E-state index is -0.503. The maximum absolute atomic E-state index is 12.2. The lowest BCUT2D eigenvalue weighted by Gasteiger charge is -2.24. The number of alkyl carbamates (subject to hydrolysis) is 1. The van der Waals surface area contributed by atoms with E-state index in [1.807, 2.05) is 27.7 Å². The molecule has 1 saturated carbocycles. The van der Waals surface area contributed by atoms with E-state index in [2.05, 4.69) is 25.8 Å². The van der Waals surface area contributed by atoms with Crippen molar-refractivity contribution in [1.29, 1.82) is 0 Å². The zero-order valence-electron chi connectivity index (χ0n) is 18.6. The van der Waals surface area contributed by atoms with E-state index < -0.39 is 5.60 Å². The van der Waals surface area contributed by atoms with Gasteiger partial charge in [-0.15, -0.1) is 0 Å². The molecule has 1 atom stereocenters. The van der Waals surface area contributed by atoms with E-state index in [9.17, 15) is 9.59 Å². The molecule has 2 amide bonds. The molecule has 0 aromatic carbocycles. The third kappa shape index (κ3) is 8.92. The molecule has 3 N–H and O–H groups in total. The molecule has 2 aliphatic rings. The summed E-state index contributed by atoms with van der Waals surface area (Å²) >= 11 is 0. The number of carbonyl (C=O) groups excluding carboxylic acids is 2. The average molecular weight is 410 g/mol. The third-order valence-electron chi connectivity index (χ3n) is 5.11. The fourth-order valence-corrected chi connectivity index (χ4v) is 3.78. The third-order valence-corrected chi connectivity index (χ3v) is 5.11. The van der Waals surface area contributed by atoms with E-state index in [1.54, 1.807) is 0 Å². The molecule has 1 aliphatic heterocycles. The molecule has 2 rings (SSSR count). The Hall–Kier alpha value is -1.99. The SMILES string of the molecule is CCNC(=NCCC(=O)NC1CCCCC1)N1CCC(NC(=O)OC(C)(C)C)C1. The molecule has 1 aliphatic carbocycles. The molecule has 1 unspecified atom stereocenters. The quantitative estimate of drug-likeness (QED) is 0.462. The van der Waals surface area contributed by atoms with Crippen LogP contribution in [0.1, 0.15) is 72.6 Å². The van der Waals surface area contributed by atoms with Crippen molar-refractivity contribution in [3.05, 3.63) is 0 Å². The van der Waals surface area contributed by atoms with Gasteiger partial charge in [-0.1, -0.05) is 19.3 Å². The summed E-state index contributed by atoms with van der Waals surface area (Å²) in [6, 6.07) is 0.370. The van der Waals surface area contributed by atoms with E-state index in [1.165, 1.54) is 19.3 Å². The normalized spacial score (nSPS) is 21.0. The van der Waals surface area contributed by atoms with Crippen LogP contribution in [0, 0.1) is 0 Å². The highest BCUT2D eigenvalue weighted by Crippen LogP contribution is 2.17. The van der Waals surface area contributed by atoms with Crippen LogP contribution in [0.4, 0.5) is 4.79 Å². The molecule has 0 aromatic heterocycles. The average Bonchev–Trinajstić information content (AvgIpc) is 3.08. The molecule has 0 aromatic rings. The van der Waals surface area contributed by atoms with Gasteiger partial charge in [0.05, 0.1) is 12.6 Å². The molecule has 8 nitrogen and oxygen atoms in total. The van der Waals surface area contributed by atoms with Crippen LogP contribution in [0.5, 0.6) is 0 Å². The van der Waals surface area contributed by atoms with Gasteiger partial charge in [-0.2, -0.15) is 0 Å². The fraction of sp³-hybridized carbons (Fsp3) is 0.857. The Balaban J connectivity index is 1.77. The number of likely N-dealkylation sites (tertiary alicyclic amines) is 1. The minimum Gasteiger partial charge on any atom is -0.444 e. The van der Waals surface area contributed by atoms with Crippen LogP contribution in [0.2, 0.25) is 0 Å². The smallest absolute Gasteiger partial charge is 0.407 e. The van der Waals surface area contributed by atoms with E-state index in [0.29, 0.717) is 25.6 Å². The number of nitrogens with one attached hydrogen (secondary N) is 3. The zero-order valence-corrected chi connectivity index (χ0v) is 18.6. The van der Waals surface area contributed by atoms with Crippen molar-refractivity contribution < 1.29 is 14.3 Å². The van der Waals surface area contributed by atoms with E-state index in [-0.39, 0.29) is 18.0 Å². The van der Waals surface area contributed by atoms with Gasteiger partial charge >= 0.3 is 6.09 Å². The number of carbonyl (C=O) groups is 2. The standard InChI is InChI=1S/C21H39N5O3/c1-5-22-19(23-13-11-18(27)24-16-9-7-6-8-10-16)26-14-12-17(15-26)25-20(28)29-21(2,3)4/h16-17H,5-15H2,1-4H3,(H,22,23)(H,24,27)(H,25,28). The van der Waals surface area contributed by atoms with Crippen LogP contribution in [0.15, 0.2) is 4.99 Å². The van der Waals surface area contributed by atoms with Crippen LogP contribution in [0.25, 0.3) is 0 Å². The molecule has 8 heteroatoms. The Kier molecular flexibility index (Phi) is 9.04. The topological polar surface area (TPSA) is 95.1 Å². The highest BCUT2D eigenvalue weighted by atomic mass is 16.6. The molecular weight excluding hydrogens is 370 g/mol. The van der Waals surface area contributed by atoms with Gasteiger partial charge in [0.25, 0.3) is 0 Å². The number of hydrogen-bond acceptors (Lipinski definition) is 4. The lowest BCUT2D eigenvalue weighted by atomic mass is 9.95. The summed E-state index contributed by atoms with van der Waals surface area (Å²) in [5.41, 5.74) is -0.503. The van der Waals surface area contributed by atoms with Crippen LogP contribution in [0.3, 0.4) is 0 Å². The summed E-state index contributed by atoms with van der Waals surface area (Å²) in [6.07, 6.45) is 6.75. The second kappa shape index (κ2) is 11.3. The van der Waals surface area contributed by atoms with Crippen LogP contribution < -0.4 is 16.0 Å². The molecule has 0 radical (unpaired) electrons. The lowest BCUT2D eigenvalue weighted by molar-refractivity contribution is -0.121. The first-order valence-electron chi connectivity index (χ1n) is 11.1. The van der Waals surface area contributed by atoms with Gasteiger partial charge in [0.15, 0.2) is 5.96 Å². The van der Waals surface area contributed by atoms with Gasteiger partial charge in [-0.3, -0.25) is 9.79 Å². The van der Waals surface area contributed by atoms with Crippen molar-refractivity contribution in [3.8, 4) is 0 Å². The van der Waals surface area contributed by atoms with Crippen LogP contribution in [-0.4, -0.2) is 66.7 Å². The van der Waals surface area contributed by atoms with Crippen molar-refractivity contribution in [3.63, 3.8) is 0 Å². The number of ether oxygens (including phenoxy) is 1. The molecule has 29 heavy (non-hydrogen) atoms. The summed E-state index contributed by atoms with van der Waals surface area (Å²) in [5, 5.41) is 9.36. The second-order valence-electron chi connectivity index (χ2n) is 8.97. The van der Waals surface area contributed by atoms with Crippen molar-refractivity contribution in [1.82, 2.24) is 20.9 Å². The Labute approximate surface area is 175 Å². The Morgan fingerprint density at radius 1 is 1.07 bits per heavy atom. The second-order valence-corrected chi connectivity index (χ2v) is 8.97. The van der Waals surface area contributed by atoms with Crippen LogP contribution in [-0.2, 0) is 9.53 Å².